The topological polar surface area (TPSA) is 111 Å². The van der Waals surface area contributed by atoms with Crippen LogP contribution in [0.25, 0.3) is 0 Å². The Morgan fingerprint density at radius 2 is 1.73 bits per heavy atom. The van der Waals surface area contributed by atoms with Crippen molar-refractivity contribution in [3.05, 3.63) is 105 Å². The van der Waals surface area contributed by atoms with Gasteiger partial charge in [0, 0.05) is 17.2 Å². The van der Waals surface area contributed by atoms with E-state index in [4.69, 9.17) is 4.74 Å². The number of aryl methyl sites for hydroxylation is 1. The highest BCUT2D eigenvalue weighted by Crippen LogP contribution is 2.28. The third-order valence-electron chi connectivity index (χ3n) is 4.05. The van der Waals surface area contributed by atoms with Gasteiger partial charge < -0.3 is 4.74 Å². The van der Waals surface area contributed by atoms with E-state index in [0.29, 0.717) is 11.1 Å². The van der Waals surface area contributed by atoms with E-state index >= 15 is 0 Å². The van der Waals surface area contributed by atoms with Crippen LogP contribution in [0.4, 0.5) is 5.69 Å². The lowest BCUT2D eigenvalue weighted by Gasteiger charge is -2.06. The van der Waals surface area contributed by atoms with Gasteiger partial charge in [-0.3, -0.25) is 14.9 Å². The summed E-state index contributed by atoms with van der Waals surface area (Å²) in [6.45, 7) is 1.87. The summed E-state index contributed by atoms with van der Waals surface area (Å²) in [5, 5.41) is 15.2. The maximum Gasteiger partial charge on any atom is 0.343 e. The van der Waals surface area contributed by atoms with Crippen LogP contribution in [0.15, 0.2) is 77.9 Å². The highest BCUT2D eigenvalue weighted by molar-refractivity contribution is 5.95. The molecule has 3 rings (SSSR count). The first-order chi connectivity index (χ1) is 14.4. The lowest BCUT2D eigenvalue weighted by molar-refractivity contribution is -0.385. The van der Waals surface area contributed by atoms with Crippen molar-refractivity contribution < 1.29 is 19.2 Å². The minimum atomic E-state index is -0.703. The fraction of sp³-hybridized carbons (Fsp3) is 0.0455. The number of rotatable bonds is 6. The molecule has 0 radical (unpaired) electrons. The lowest BCUT2D eigenvalue weighted by atomic mass is 10.1. The number of hydrogen-bond acceptors (Lipinski definition) is 6. The number of carbonyl (C=O) groups is 2. The van der Waals surface area contributed by atoms with Crippen LogP contribution in [0.5, 0.6) is 5.75 Å². The van der Waals surface area contributed by atoms with Gasteiger partial charge >= 0.3 is 11.7 Å². The number of nitro benzene ring substituents is 1. The molecule has 8 nitrogen and oxygen atoms in total. The van der Waals surface area contributed by atoms with Crippen LogP contribution in [0.1, 0.15) is 31.8 Å². The van der Waals surface area contributed by atoms with E-state index in [2.05, 4.69) is 10.5 Å². The molecule has 8 heteroatoms. The van der Waals surface area contributed by atoms with Gasteiger partial charge in [0.25, 0.3) is 5.91 Å². The molecule has 0 atom stereocenters. The molecular weight excluding hydrogens is 386 g/mol. The van der Waals surface area contributed by atoms with E-state index in [-0.39, 0.29) is 11.3 Å². The average Bonchev–Trinajstić information content (AvgIpc) is 2.75. The Morgan fingerprint density at radius 3 is 2.43 bits per heavy atom. The maximum atomic E-state index is 12.2. The number of nitrogens with one attached hydrogen (secondary N) is 1. The number of ether oxygens (including phenoxy) is 1. The Hall–Kier alpha value is -4.33. The second kappa shape index (κ2) is 9.24. The maximum absolute atomic E-state index is 12.2. The summed E-state index contributed by atoms with van der Waals surface area (Å²) in [4.78, 5) is 35.0. The summed E-state index contributed by atoms with van der Waals surface area (Å²) in [6.07, 6.45) is 1.27. The molecule has 3 aromatic carbocycles. The highest BCUT2D eigenvalue weighted by Gasteiger charge is 2.19. The van der Waals surface area contributed by atoms with Gasteiger partial charge in [0.1, 0.15) is 0 Å². The molecule has 0 spiro atoms. The second-order valence-electron chi connectivity index (χ2n) is 6.31. The smallest absolute Gasteiger partial charge is 0.343 e. The molecule has 0 heterocycles. The molecule has 0 bridgehead atoms. The van der Waals surface area contributed by atoms with Gasteiger partial charge in [-0.25, -0.2) is 10.2 Å². The normalized spacial score (nSPS) is 10.6. The number of esters is 1. The zero-order chi connectivity index (χ0) is 21.5. The summed E-state index contributed by atoms with van der Waals surface area (Å²) in [6, 6.07) is 19.2. The van der Waals surface area contributed by atoms with Gasteiger partial charge in [0.2, 0.25) is 5.75 Å². The van der Waals surface area contributed by atoms with Crippen molar-refractivity contribution in [2.45, 2.75) is 6.92 Å². The Kier molecular flexibility index (Phi) is 6.29. The molecule has 0 saturated heterocycles. The van der Waals surface area contributed by atoms with E-state index < -0.39 is 22.5 Å². The van der Waals surface area contributed by atoms with Crippen LogP contribution in [0.2, 0.25) is 0 Å². The van der Waals surface area contributed by atoms with Crippen molar-refractivity contribution in [2.75, 3.05) is 0 Å². The van der Waals surface area contributed by atoms with Crippen molar-refractivity contribution in [2.24, 2.45) is 5.10 Å². The number of carbonyl (C=O) groups excluding carboxylic acids is 2. The summed E-state index contributed by atoms with van der Waals surface area (Å²) in [5.41, 5.74) is 3.98. The van der Waals surface area contributed by atoms with Crippen molar-refractivity contribution in [3.8, 4) is 5.75 Å². The van der Waals surface area contributed by atoms with Gasteiger partial charge in [-0.05, 0) is 43.3 Å². The zero-order valence-electron chi connectivity index (χ0n) is 15.9. The Bertz CT molecular complexity index is 1130. The van der Waals surface area contributed by atoms with Crippen LogP contribution in [-0.4, -0.2) is 23.0 Å². The minimum absolute atomic E-state index is 0.185. The highest BCUT2D eigenvalue weighted by atomic mass is 16.6. The zero-order valence-corrected chi connectivity index (χ0v) is 15.9. The van der Waals surface area contributed by atoms with Crippen LogP contribution in [-0.2, 0) is 0 Å². The van der Waals surface area contributed by atoms with Gasteiger partial charge in [0.05, 0.1) is 16.7 Å². The number of nitrogens with zero attached hydrogens (tertiary/aromatic N) is 2. The molecule has 1 N–H and O–H groups in total. The molecule has 150 valence electrons. The Balaban J connectivity index is 1.73. The minimum Gasteiger partial charge on any atom is -0.416 e. The Labute approximate surface area is 172 Å². The van der Waals surface area contributed by atoms with E-state index in [9.17, 15) is 19.7 Å². The van der Waals surface area contributed by atoms with E-state index in [1.54, 1.807) is 48.5 Å². The molecule has 0 aromatic heterocycles. The molecule has 0 unspecified atom stereocenters. The fourth-order valence-corrected chi connectivity index (χ4v) is 2.59. The first-order valence-corrected chi connectivity index (χ1v) is 8.90. The van der Waals surface area contributed by atoms with Crippen molar-refractivity contribution in [3.63, 3.8) is 0 Å². The molecule has 3 aromatic rings. The molecule has 30 heavy (non-hydrogen) atoms. The molecule has 0 aliphatic heterocycles. The van der Waals surface area contributed by atoms with E-state index in [1.807, 2.05) is 13.0 Å². The largest absolute Gasteiger partial charge is 0.416 e. The quantitative estimate of drug-likeness (QED) is 0.221. The monoisotopic (exact) mass is 403 g/mol. The van der Waals surface area contributed by atoms with E-state index in [1.165, 1.54) is 24.4 Å². The second-order valence-corrected chi connectivity index (χ2v) is 6.31. The number of benzene rings is 3. The summed E-state index contributed by atoms with van der Waals surface area (Å²) in [5.74, 6) is -1.29. The van der Waals surface area contributed by atoms with Crippen LogP contribution in [0, 0.1) is 17.0 Å². The summed E-state index contributed by atoms with van der Waals surface area (Å²) < 4.78 is 5.16. The number of nitro groups is 1. The van der Waals surface area contributed by atoms with Gasteiger partial charge in [0.15, 0.2) is 0 Å². The number of hydrogen-bond donors (Lipinski definition) is 1. The lowest BCUT2D eigenvalue weighted by Crippen LogP contribution is -2.17. The van der Waals surface area contributed by atoms with Crippen molar-refractivity contribution >= 4 is 23.8 Å². The first kappa shape index (κ1) is 20.4. The Morgan fingerprint density at radius 1 is 1.00 bits per heavy atom. The van der Waals surface area contributed by atoms with E-state index in [0.717, 1.165) is 5.56 Å². The molecule has 0 fully saturated rings. The molecular formula is C22H17N3O5. The third-order valence-corrected chi connectivity index (χ3v) is 4.05. The van der Waals surface area contributed by atoms with Crippen LogP contribution >= 0.6 is 0 Å². The third kappa shape index (κ3) is 5.14. The number of hydrazone groups is 1. The fourth-order valence-electron chi connectivity index (χ4n) is 2.59. The predicted molar refractivity (Wildman–Crippen MR) is 111 cm³/mol. The molecule has 0 aliphatic carbocycles. The van der Waals surface area contributed by atoms with Crippen molar-refractivity contribution in [1.29, 1.82) is 0 Å². The number of amides is 1. The van der Waals surface area contributed by atoms with Gasteiger partial charge in [-0.2, -0.15) is 5.10 Å². The molecule has 1 amide bonds. The molecule has 0 aliphatic rings. The van der Waals surface area contributed by atoms with Gasteiger partial charge in [-0.1, -0.05) is 35.9 Å². The summed E-state index contributed by atoms with van der Waals surface area (Å²) in [7, 11) is 0. The average molecular weight is 403 g/mol. The SMILES string of the molecule is Cc1cccc(C(=O)NN=Cc2ccc(OC(=O)c3ccccc3)c([N+](=O)[O-])c2)c1. The van der Waals surface area contributed by atoms with Gasteiger partial charge in [-0.15, -0.1) is 0 Å². The molecule has 0 saturated carbocycles. The van der Waals surface area contributed by atoms with Crippen LogP contribution < -0.4 is 10.2 Å². The summed E-state index contributed by atoms with van der Waals surface area (Å²) >= 11 is 0. The standard InChI is InChI=1S/C22H17N3O5/c1-15-6-5-9-18(12-15)21(26)24-23-14-16-10-11-20(19(13-16)25(28)29)30-22(27)17-7-3-2-4-8-17/h2-14H,1H3,(H,24,26). The first-order valence-electron chi connectivity index (χ1n) is 8.90. The predicted octanol–water partition coefficient (Wildman–Crippen LogP) is 3.89. The van der Waals surface area contributed by atoms with Crippen LogP contribution in [0.3, 0.4) is 0 Å². The van der Waals surface area contributed by atoms with Crippen molar-refractivity contribution in [1.82, 2.24) is 5.43 Å².